The van der Waals surface area contributed by atoms with Gasteiger partial charge in [-0.05, 0) is 127 Å². The molecule has 0 saturated heterocycles. The van der Waals surface area contributed by atoms with Crippen molar-refractivity contribution in [3.8, 4) is 0 Å². The van der Waals surface area contributed by atoms with Crippen LogP contribution in [0.1, 0.15) is 177 Å². The number of unbranched alkanes of at least 4 members (excludes halogenated alkanes) is 5. The summed E-state index contributed by atoms with van der Waals surface area (Å²) in [4.78, 5) is 39.0. The average Bonchev–Trinajstić information content (AvgIpc) is 3.09. The van der Waals surface area contributed by atoms with Gasteiger partial charge in [-0.15, -0.1) is 0 Å². The molecule has 9 nitrogen and oxygen atoms in total. The quantitative estimate of drug-likeness (QED) is 0.0264. The normalized spacial score (nSPS) is 13.6. The molecule has 0 aromatic rings. The van der Waals surface area contributed by atoms with Gasteiger partial charge in [0.05, 0.1) is 19.8 Å². The van der Waals surface area contributed by atoms with Gasteiger partial charge < -0.3 is 28.6 Å². The molecule has 0 aliphatic heterocycles. The maximum atomic E-state index is 12.5. The molecule has 0 aromatic heterocycles. The fraction of sp³-hybridized carbons (Fsp3) is 0.933. The number of carbonyl (C=O) groups is 3. The third kappa shape index (κ3) is 33.6. The largest absolute Gasteiger partial charge is 0.466 e. The Bertz CT molecular complexity index is 848. The Hall–Kier alpha value is -1.71. The van der Waals surface area contributed by atoms with Crippen LogP contribution in [0.4, 0.5) is 0 Å². The summed E-state index contributed by atoms with van der Waals surface area (Å²) in [6, 6.07) is 0. The molecular formula is C45H87NO8. The van der Waals surface area contributed by atoms with E-state index in [9.17, 15) is 14.4 Å². The number of rotatable bonds is 37. The minimum Gasteiger partial charge on any atom is -0.466 e. The number of ether oxygens (including phenoxy) is 5. The molecule has 0 spiro atoms. The molecule has 3 atom stereocenters. The second-order valence-corrected chi connectivity index (χ2v) is 17.4. The van der Waals surface area contributed by atoms with E-state index < -0.39 is 6.29 Å². The van der Waals surface area contributed by atoms with Gasteiger partial charge in [0.2, 0.25) is 6.29 Å². The Labute approximate surface area is 333 Å². The van der Waals surface area contributed by atoms with Crippen molar-refractivity contribution in [3.05, 3.63) is 0 Å². The van der Waals surface area contributed by atoms with Crippen LogP contribution >= 0.6 is 0 Å². The summed E-state index contributed by atoms with van der Waals surface area (Å²) in [5.74, 6) is 3.65. The van der Waals surface area contributed by atoms with Gasteiger partial charge in [0.15, 0.2) is 0 Å². The van der Waals surface area contributed by atoms with Crippen molar-refractivity contribution in [1.29, 1.82) is 0 Å². The van der Waals surface area contributed by atoms with E-state index in [1.165, 1.54) is 25.7 Å². The zero-order valence-corrected chi connectivity index (χ0v) is 36.9. The van der Waals surface area contributed by atoms with Crippen LogP contribution < -0.4 is 0 Å². The van der Waals surface area contributed by atoms with Crippen LogP contribution in [0.15, 0.2) is 0 Å². The summed E-state index contributed by atoms with van der Waals surface area (Å²) in [5.41, 5.74) is 0. The molecule has 0 heterocycles. The first-order chi connectivity index (χ1) is 25.7. The second kappa shape index (κ2) is 34.5. The summed E-state index contributed by atoms with van der Waals surface area (Å²) in [7, 11) is 3.96. The number of carbonyl (C=O) groups excluding carboxylic acids is 3. The smallest absolute Gasteiger partial charge is 0.308 e. The monoisotopic (exact) mass is 770 g/mol. The molecular weight excluding hydrogens is 682 g/mol. The van der Waals surface area contributed by atoms with Gasteiger partial charge in [0.25, 0.3) is 0 Å². The van der Waals surface area contributed by atoms with Crippen molar-refractivity contribution >= 4 is 17.9 Å². The molecule has 54 heavy (non-hydrogen) atoms. The molecule has 0 aliphatic carbocycles. The van der Waals surface area contributed by atoms with E-state index in [0.29, 0.717) is 69.4 Å². The van der Waals surface area contributed by atoms with Gasteiger partial charge in [-0.3, -0.25) is 14.4 Å². The van der Waals surface area contributed by atoms with Crippen LogP contribution in [0.5, 0.6) is 0 Å². The summed E-state index contributed by atoms with van der Waals surface area (Å²) < 4.78 is 28.4. The number of nitrogens with zero attached hydrogens (tertiary/aromatic N) is 1. The molecule has 320 valence electrons. The highest BCUT2D eigenvalue weighted by Gasteiger charge is 2.17. The Kier molecular flexibility index (Phi) is 33.4. The van der Waals surface area contributed by atoms with Crippen molar-refractivity contribution in [3.63, 3.8) is 0 Å². The minimum absolute atomic E-state index is 0.106. The van der Waals surface area contributed by atoms with Crippen LogP contribution in [0.3, 0.4) is 0 Å². The highest BCUT2D eigenvalue weighted by Crippen LogP contribution is 2.26. The van der Waals surface area contributed by atoms with Crippen molar-refractivity contribution < 1.29 is 38.1 Å². The molecule has 0 rings (SSSR count). The van der Waals surface area contributed by atoms with Crippen LogP contribution in [0.25, 0.3) is 0 Å². The minimum atomic E-state index is -0.747. The van der Waals surface area contributed by atoms with Crippen LogP contribution in [-0.4, -0.2) is 82.8 Å². The second-order valence-electron chi connectivity index (χ2n) is 17.4. The molecule has 0 saturated carbocycles. The molecule has 0 aliphatic rings. The maximum absolute atomic E-state index is 12.5. The van der Waals surface area contributed by atoms with Gasteiger partial charge in [0.1, 0.15) is 6.61 Å². The first kappa shape index (κ1) is 52.3. The van der Waals surface area contributed by atoms with Gasteiger partial charge in [-0.25, -0.2) is 0 Å². The SMILES string of the molecule is CC(C)CCC(CCCOC(=O)CCCCCCOC(COCCCCCC(=O)OCCCC(CCC(C)C)C(C)C)OC(=O)CCCN(C)C)C(C)C. The summed E-state index contributed by atoms with van der Waals surface area (Å²) in [5, 5.41) is 0. The van der Waals surface area contributed by atoms with Gasteiger partial charge >= 0.3 is 17.9 Å². The highest BCUT2D eigenvalue weighted by molar-refractivity contribution is 5.70. The number of esters is 3. The number of hydrogen-bond donors (Lipinski definition) is 0. The standard InChI is InChI=1S/C45H87NO8/c1-36(2)26-28-40(38(5)6)21-19-33-51-42(47)23-14-11-12-17-32-53-45(54-44(49)25-18-30-46(9)10)35-50-31-16-13-15-24-43(48)52-34-20-22-41(39(7)8)29-27-37(3)4/h36-41,45H,11-35H2,1-10H3. The molecule has 0 aromatic carbocycles. The Morgan fingerprint density at radius 2 is 0.944 bits per heavy atom. The Balaban J connectivity index is 4.26. The molecule has 3 unspecified atom stereocenters. The molecule has 0 amide bonds. The van der Waals surface area contributed by atoms with Crippen molar-refractivity contribution in [2.24, 2.45) is 35.5 Å². The maximum Gasteiger partial charge on any atom is 0.308 e. The summed E-state index contributed by atoms with van der Waals surface area (Å²) in [6.45, 7) is 21.2. The Morgan fingerprint density at radius 1 is 0.481 bits per heavy atom. The predicted octanol–water partition coefficient (Wildman–Crippen LogP) is 10.8. The zero-order valence-electron chi connectivity index (χ0n) is 36.9. The first-order valence-corrected chi connectivity index (χ1v) is 22.1. The fourth-order valence-corrected chi connectivity index (χ4v) is 6.56. The van der Waals surface area contributed by atoms with E-state index in [4.69, 9.17) is 23.7 Å². The van der Waals surface area contributed by atoms with Crippen molar-refractivity contribution in [2.45, 2.75) is 184 Å². The lowest BCUT2D eigenvalue weighted by Gasteiger charge is -2.21. The van der Waals surface area contributed by atoms with E-state index in [1.54, 1.807) is 0 Å². The third-order valence-corrected chi connectivity index (χ3v) is 10.3. The summed E-state index contributed by atoms with van der Waals surface area (Å²) in [6.07, 6.45) is 16.1. The molecule has 9 heteroatoms. The third-order valence-electron chi connectivity index (χ3n) is 10.3. The van der Waals surface area contributed by atoms with Crippen molar-refractivity contribution in [2.75, 3.05) is 53.7 Å². The van der Waals surface area contributed by atoms with Gasteiger partial charge in [-0.2, -0.15) is 0 Å². The number of hydrogen-bond acceptors (Lipinski definition) is 9. The summed E-state index contributed by atoms with van der Waals surface area (Å²) >= 11 is 0. The average molecular weight is 770 g/mol. The topological polar surface area (TPSA) is 101 Å². The molecule has 0 fully saturated rings. The van der Waals surface area contributed by atoms with Crippen LogP contribution in [0, 0.1) is 35.5 Å². The van der Waals surface area contributed by atoms with E-state index >= 15 is 0 Å². The molecule has 0 N–H and O–H groups in total. The van der Waals surface area contributed by atoms with Crippen molar-refractivity contribution in [1.82, 2.24) is 4.90 Å². The van der Waals surface area contributed by atoms with Crippen LogP contribution in [-0.2, 0) is 38.1 Å². The van der Waals surface area contributed by atoms with Gasteiger partial charge in [0, 0.05) is 25.9 Å². The van der Waals surface area contributed by atoms with E-state index in [-0.39, 0.29) is 24.5 Å². The lowest BCUT2D eigenvalue weighted by atomic mass is 9.85. The lowest BCUT2D eigenvalue weighted by Crippen LogP contribution is -2.28. The zero-order chi connectivity index (χ0) is 40.6. The van der Waals surface area contributed by atoms with E-state index in [2.05, 4.69) is 55.4 Å². The van der Waals surface area contributed by atoms with Gasteiger partial charge in [-0.1, -0.05) is 87.5 Å². The van der Waals surface area contributed by atoms with E-state index in [0.717, 1.165) is 95.4 Å². The molecule has 0 bridgehead atoms. The molecule has 0 radical (unpaired) electrons. The van der Waals surface area contributed by atoms with Crippen LogP contribution in [0.2, 0.25) is 0 Å². The lowest BCUT2D eigenvalue weighted by molar-refractivity contribution is -0.191. The predicted molar refractivity (Wildman–Crippen MR) is 221 cm³/mol. The Morgan fingerprint density at radius 3 is 1.43 bits per heavy atom. The fourth-order valence-electron chi connectivity index (χ4n) is 6.56. The van der Waals surface area contributed by atoms with E-state index in [1.807, 2.05) is 19.0 Å². The first-order valence-electron chi connectivity index (χ1n) is 22.1. The highest BCUT2D eigenvalue weighted by atomic mass is 16.7.